The number of likely N-dealkylation sites (N-methyl/N-ethyl adjacent to an activating group) is 1. The fraction of sp³-hybridized carbons (Fsp3) is 0.562. The highest BCUT2D eigenvalue weighted by atomic mass is 127. The largest absolute Gasteiger partial charge is 0.379 e. The Morgan fingerprint density at radius 3 is 2.52 bits per heavy atom. The van der Waals surface area contributed by atoms with Crippen molar-refractivity contribution in [3.05, 3.63) is 34.9 Å². The molecule has 0 radical (unpaired) electrons. The van der Waals surface area contributed by atoms with Crippen LogP contribution in [0.3, 0.4) is 0 Å². The first-order valence-electron chi connectivity index (χ1n) is 7.81. The van der Waals surface area contributed by atoms with Gasteiger partial charge in [0.15, 0.2) is 5.96 Å². The fourth-order valence-electron chi connectivity index (χ4n) is 2.94. The molecular weight excluding hydrogens is 427 g/mol. The maximum atomic E-state index is 6.03. The second-order valence-electron chi connectivity index (χ2n) is 5.72. The van der Waals surface area contributed by atoms with E-state index in [0.717, 1.165) is 56.9 Å². The lowest BCUT2D eigenvalue weighted by Crippen LogP contribution is -2.45. The summed E-state index contributed by atoms with van der Waals surface area (Å²) in [5.74, 6) is 0.993. The van der Waals surface area contributed by atoms with Crippen molar-refractivity contribution in [2.24, 2.45) is 4.99 Å². The van der Waals surface area contributed by atoms with Crippen LogP contribution in [0.1, 0.15) is 11.6 Å². The van der Waals surface area contributed by atoms with Gasteiger partial charge in [-0.15, -0.1) is 24.0 Å². The van der Waals surface area contributed by atoms with Gasteiger partial charge in [-0.05, 0) is 17.7 Å². The van der Waals surface area contributed by atoms with Gasteiger partial charge in [0.25, 0.3) is 0 Å². The molecule has 1 atom stereocenters. The maximum Gasteiger partial charge on any atom is 0.193 e. The van der Waals surface area contributed by atoms with Crippen LogP contribution in [0, 0.1) is 0 Å². The van der Waals surface area contributed by atoms with Gasteiger partial charge in [0.05, 0.1) is 25.8 Å². The summed E-state index contributed by atoms with van der Waals surface area (Å²) in [4.78, 5) is 9.14. The lowest BCUT2D eigenvalue weighted by molar-refractivity contribution is 0.0169. The number of aliphatic imine (C=N–C) groups is 1. The van der Waals surface area contributed by atoms with Crippen molar-refractivity contribution in [1.82, 2.24) is 15.1 Å². The normalized spacial score (nSPS) is 19.9. The quantitative estimate of drug-likeness (QED) is 0.714. The number of benzene rings is 1. The van der Waals surface area contributed by atoms with Gasteiger partial charge < -0.3 is 15.0 Å². The van der Waals surface area contributed by atoms with Crippen LogP contribution in [-0.2, 0) is 4.74 Å². The standard InChI is InChI=1S/C16H23ClN4O.HI/c1-20-7-6-18-16(20)19-12-15(21-8-10-22-11-9-21)13-2-4-14(17)5-3-13;/h2-5,15H,6-12H2,1H3,(H,18,19);1H. The second-order valence-corrected chi connectivity index (χ2v) is 6.16. The van der Waals surface area contributed by atoms with Gasteiger partial charge in [0.2, 0.25) is 0 Å². The minimum atomic E-state index is 0. The molecule has 1 aromatic carbocycles. The third-order valence-electron chi connectivity index (χ3n) is 4.25. The zero-order chi connectivity index (χ0) is 15.4. The summed E-state index contributed by atoms with van der Waals surface area (Å²) in [5.41, 5.74) is 1.28. The van der Waals surface area contributed by atoms with Gasteiger partial charge >= 0.3 is 0 Å². The average Bonchev–Trinajstić information content (AvgIpc) is 2.96. The summed E-state index contributed by atoms with van der Waals surface area (Å²) in [7, 11) is 2.07. The van der Waals surface area contributed by atoms with E-state index in [1.807, 2.05) is 12.1 Å². The van der Waals surface area contributed by atoms with Crippen molar-refractivity contribution in [2.45, 2.75) is 6.04 Å². The fourth-order valence-corrected chi connectivity index (χ4v) is 3.07. The average molecular weight is 451 g/mol. The number of halogens is 2. The highest BCUT2D eigenvalue weighted by Gasteiger charge is 2.24. The van der Waals surface area contributed by atoms with Gasteiger partial charge in [0, 0.05) is 38.2 Å². The van der Waals surface area contributed by atoms with E-state index in [0.29, 0.717) is 6.04 Å². The zero-order valence-electron chi connectivity index (χ0n) is 13.4. The summed E-state index contributed by atoms with van der Waals surface area (Å²) in [5, 5.41) is 4.28. The van der Waals surface area contributed by atoms with E-state index in [1.54, 1.807) is 0 Å². The third kappa shape index (κ3) is 4.95. The molecule has 0 aliphatic carbocycles. The summed E-state index contributed by atoms with van der Waals surface area (Å²) in [6, 6.07) is 8.46. The van der Waals surface area contributed by atoms with Crippen LogP contribution in [0.4, 0.5) is 0 Å². The number of guanidine groups is 1. The van der Waals surface area contributed by atoms with Crippen LogP contribution < -0.4 is 5.32 Å². The first-order chi connectivity index (χ1) is 10.7. The predicted octanol–water partition coefficient (Wildman–Crippen LogP) is 2.22. The Bertz CT molecular complexity index is 519. The summed E-state index contributed by atoms with van der Waals surface area (Å²) in [6.07, 6.45) is 0. The Labute approximate surface area is 160 Å². The van der Waals surface area contributed by atoms with Crippen LogP contribution in [0.2, 0.25) is 5.02 Å². The molecule has 128 valence electrons. The smallest absolute Gasteiger partial charge is 0.193 e. The van der Waals surface area contributed by atoms with Crippen molar-refractivity contribution < 1.29 is 4.74 Å². The van der Waals surface area contributed by atoms with Crippen molar-refractivity contribution in [3.63, 3.8) is 0 Å². The molecule has 2 heterocycles. The Hall–Kier alpha value is -0.570. The van der Waals surface area contributed by atoms with Gasteiger partial charge in [0.1, 0.15) is 0 Å². The van der Waals surface area contributed by atoms with Gasteiger partial charge in [-0.3, -0.25) is 9.89 Å². The lowest BCUT2D eigenvalue weighted by atomic mass is 10.0. The molecule has 7 heteroatoms. The van der Waals surface area contributed by atoms with Crippen molar-refractivity contribution >= 4 is 41.5 Å². The summed E-state index contributed by atoms with van der Waals surface area (Å²) in [6.45, 7) is 6.21. The number of morpholine rings is 1. The van der Waals surface area contributed by atoms with Crippen LogP contribution >= 0.6 is 35.6 Å². The monoisotopic (exact) mass is 450 g/mol. The molecule has 23 heavy (non-hydrogen) atoms. The molecule has 0 bridgehead atoms. The van der Waals surface area contributed by atoms with Crippen molar-refractivity contribution in [3.8, 4) is 0 Å². The number of hydrogen-bond donors (Lipinski definition) is 1. The number of ether oxygens (including phenoxy) is 1. The number of hydrogen-bond acceptors (Lipinski definition) is 5. The molecule has 1 aromatic rings. The van der Waals surface area contributed by atoms with Crippen LogP contribution in [-0.4, -0.2) is 68.7 Å². The minimum absolute atomic E-state index is 0. The maximum absolute atomic E-state index is 6.03. The van der Waals surface area contributed by atoms with E-state index in [9.17, 15) is 0 Å². The van der Waals surface area contributed by atoms with Gasteiger partial charge in [-0.1, -0.05) is 23.7 Å². The summed E-state index contributed by atoms with van der Waals surface area (Å²) >= 11 is 6.03. The zero-order valence-corrected chi connectivity index (χ0v) is 16.5. The Balaban J connectivity index is 0.00000192. The molecule has 0 aromatic heterocycles. The van der Waals surface area contributed by atoms with Crippen LogP contribution in [0.15, 0.2) is 29.3 Å². The molecule has 0 saturated carbocycles. The van der Waals surface area contributed by atoms with E-state index in [2.05, 4.69) is 39.3 Å². The number of nitrogens with zero attached hydrogens (tertiary/aromatic N) is 3. The Kier molecular flexibility index (Phi) is 7.39. The van der Waals surface area contributed by atoms with E-state index in [4.69, 9.17) is 16.3 Å². The highest BCUT2D eigenvalue weighted by Crippen LogP contribution is 2.23. The van der Waals surface area contributed by atoms with Crippen molar-refractivity contribution in [2.75, 3.05) is 53.0 Å². The molecule has 1 fully saturated rings. The molecule has 0 amide bonds. The molecule has 1 N–H and O–H groups in total. The summed E-state index contributed by atoms with van der Waals surface area (Å²) < 4.78 is 5.48. The minimum Gasteiger partial charge on any atom is -0.379 e. The first kappa shape index (κ1) is 18.8. The van der Waals surface area contributed by atoms with Crippen molar-refractivity contribution in [1.29, 1.82) is 0 Å². The van der Waals surface area contributed by atoms with E-state index in [1.165, 1.54) is 5.56 Å². The van der Waals surface area contributed by atoms with Crippen LogP contribution in [0.25, 0.3) is 0 Å². The Morgan fingerprint density at radius 2 is 1.91 bits per heavy atom. The molecular formula is C16H24ClIN4O. The molecule has 3 rings (SSSR count). The van der Waals surface area contributed by atoms with E-state index in [-0.39, 0.29) is 24.0 Å². The predicted molar refractivity (Wildman–Crippen MR) is 105 cm³/mol. The third-order valence-corrected chi connectivity index (χ3v) is 4.51. The lowest BCUT2D eigenvalue weighted by Gasteiger charge is -2.35. The molecule has 0 spiro atoms. The first-order valence-corrected chi connectivity index (χ1v) is 8.18. The SMILES string of the molecule is CN1CCN=C1NCC(c1ccc(Cl)cc1)N1CCOCC1.I. The number of nitrogens with one attached hydrogen (secondary N) is 1. The van der Waals surface area contributed by atoms with Crippen LogP contribution in [0.5, 0.6) is 0 Å². The highest BCUT2D eigenvalue weighted by molar-refractivity contribution is 14.0. The number of rotatable bonds is 4. The molecule has 2 aliphatic rings. The molecule has 1 unspecified atom stereocenters. The topological polar surface area (TPSA) is 40.1 Å². The molecule has 5 nitrogen and oxygen atoms in total. The van der Waals surface area contributed by atoms with E-state index < -0.39 is 0 Å². The molecule has 1 saturated heterocycles. The van der Waals surface area contributed by atoms with E-state index >= 15 is 0 Å². The Morgan fingerprint density at radius 1 is 1.22 bits per heavy atom. The van der Waals surface area contributed by atoms with Gasteiger partial charge in [-0.25, -0.2) is 0 Å². The van der Waals surface area contributed by atoms with Gasteiger partial charge in [-0.2, -0.15) is 0 Å². The second kappa shape index (κ2) is 9.05. The molecule has 2 aliphatic heterocycles.